The van der Waals surface area contributed by atoms with Crippen molar-refractivity contribution in [2.45, 2.75) is 23.6 Å². The average molecular weight is 278 g/mol. The molecule has 2 nitrogen and oxygen atoms in total. The van der Waals surface area contributed by atoms with Gasteiger partial charge in [0.15, 0.2) is 5.65 Å². The van der Waals surface area contributed by atoms with Gasteiger partial charge >= 0.3 is 0 Å². The number of nitrogens with zero attached hydrogens (tertiary/aromatic N) is 2. The summed E-state index contributed by atoms with van der Waals surface area (Å²) in [5.41, 5.74) is 3.09. The summed E-state index contributed by atoms with van der Waals surface area (Å²) in [4.78, 5) is 11.5. The molecule has 0 amide bonds. The van der Waals surface area contributed by atoms with E-state index >= 15 is 0 Å². The molecule has 0 bridgehead atoms. The van der Waals surface area contributed by atoms with E-state index in [1.165, 1.54) is 15.4 Å². The largest absolute Gasteiger partial charge is 0.233 e. The molecule has 0 aromatic carbocycles. The van der Waals surface area contributed by atoms with E-state index in [0.717, 1.165) is 27.3 Å². The first-order chi connectivity index (χ1) is 8.09. The molecule has 5 heteroatoms. The smallest absolute Gasteiger partial charge is 0.162 e. The van der Waals surface area contributed by atoms with E-state index in [-0.39, 0.29) is 0 Å². The Morgan fingerprint density at radius 3 is 2.47 bits per heavy atom. The van der Waals surface area contributed by atoms with Crippen LogP contribution >= 0.6 is 31.4 Å². The van der Waals surface area contributed by atoms with Crippen LogP contribution in [0.2, 0.25) is 0 Å². The SMILES string of the molecule is C=c1nc2nc(C)c(C)c3c2c(c1=C)SSS3. The van der Waals surface area contributed by atoms with Crippen LogP contribution in [0.25, 0.3) is 24.2 Å². The molecule has 0 spiro atoms. The first-order valence-corrected chi connectivity index (χ1v) is 8.58. The van der Waals surface area contributed by atoms with Gasteiger partial charge in [0.25, 0.3) is 0 Å². The predicted octanol–water partition coefficient (Wildman–Crippen LogP) is 2.83. The minimum Gasteiger partial charge on any atom is -0.233 e. The second-order valence-electron chi connectivity index (χ2n) is 3.95. The van der Waals surface area contributed by atoms with Gasteiger partial charge in [-0.1, -0.05) is 13.2 Å². The molecule has 0 saturated heterocycles. The zero-order valence-electron chi connectivity index (χ0n) is 9.53. The Hall–Kier alpha value is -0.650. The van der Waals surface area contributed by atoms with E-state index in [2.05, 4.69) is 30.0 Å². The first-order valence-electron chi connectivity index (χ1n) is 5.09. The Morgan fingerprint density at radius 1 is 1.00 bits per heavy atom. The van der Waals surface area contributed by atoms with Gasteiger partial charge in [0.2, 0.25) is 0 Å². The van der Waals surface area contributed by atoms with Crippen LogP contribution in [0.4, 0.5) is 0 Å². The van der Waals surface area contributed by atoms with Gasteiger partial charge in [0.1, 0.15) is 0 Å². The zero-order valence-corrected chi connectivity index (χ0v) is 12.0. The molecule has 3 rings (SSSR count). The highest BCUT2D eigenvalue weighted by molar-refractivity contribution is 9.09. The summed E-state index contributed by atoms with van der Waals surface area (Å²) in [6, 6.07) is 0. The van der Waals surface area contributed by atoms with Crippen LogP contribution in [0, 0.1) is 13.8 Å². The molecule has 0 atom stereocenters. The van der Waals surface area contributed by atoms with Crippen LogP contribution in [0.15, 0.2) is 9.79 Å². The maximum atomic E-state index is 4.57. The molecule has 3 heterocycles. The van der Waals surface area contributed by atoms with Crippen molar-refractivity contribution >= 4 is 55.6 Å². The maximum Gasteiger partial charge on any atom is 0.162 e. The third kappa shape index (κ3) is 1.60. The van der Waals surface area contributed by atoms with Crippen LogP contribution in [-0.2, 0) is 0 Å². The van der Waals surface area contributed by atoms with Crippen molar-refractivity contribution in [2.75, 3.05) is 0 Å². The van der Waals surface area contributed by atoms with Crippen LogP contribution < -0.4 is 10.6 Å². The Kier molecular flexibility index (Phi) is 2.65. The lowest BCUT2D eigenvalue weighted by Gasteiger charge is -2.17. The highest BCUT2D eigenvalue weighted by Crippen LogP contribution is 2.53. The number of rotatable bonds is 0. The molecule has 17 heavy (non-hydrogen) atoms. The van der Waals surface area contributed by atoms with Gasteiger partial charge in [-0.15, -0.1) is 0 Å². The average Bonchev–Trinajstić information content (AvgIpc) is 2.32. The Labute approximate surface area is 111 Å². The van der Waals surface area contributed by atoms with E-state index in [1.807, 2.05) is 6.92 Å². The topological polar surface area (TPSA) is 25.8 Å². The first kappa shape index (κ1) is 11.4. The van der Waals surface area contributed by atoms with Crippen LogP contribution in [0.5, 0.6) is 0 Å². The third-order valence-corrected chi connectivity index (χ3v) is 7.00. The Morgan fingerprint density at radius 2 is 1.71 bits per heavy atom. The summed E-state index contributed by atoms with van der Waals surface area (Å²) in [5, 5.41) is 2.81. The molecule has 0 fully saturated rings. The Balaban J connectivity index is 2.64. The molecule has 0 N–H and O–H groups in total. The fraction of sp³-hybridized carbons (Fsp3) is 0.167. The lowest BCUT2D eigenvalue weighted by atomic mass is 10.1. The number of hydrogen-bond donors (Lipinski definition) is 0. The van der Waals surface area contributed by atoms with Crippen molar-refractivity contribution in [2.24, 2.45) is 0 Å². The van der Waals surface area contributed by atoms with Crippen molar-refractivity contribution in [1.29, 1.82) is 0 Å². The fourth-order valence-corrected chi connectivity index (χ4v) is 6.29. The summed E-state index contributed by atoms with van der Waals surface area (Å²) in [5.74, 6) is 0. The lowest BCUT2D eigenvalue weighted by Crippen LogP contribution is -2.28. The minimum absolute atomic E-state index is 0.731. The lowest BCUT2D eigenvalue weighted by molar-refractivity contribution is 1.08. The highest BCUT2D eigenvalue weighted by Gasteiger charge is 2.20. The van der Waals surface area contributed by atoms with E-state index < -0.39 is 0 Å². The van der Waals surface area contributed by atoms with Gasteiger partial charge in [-0.25, -0.2) is 9.97 Å². The van der Waals surface area contributed by atoms with E-state index in [0.29, 0.717) is 0 Å². The molecule has 2 aromatic rings. The molecule has 2 aromatic heterocycles. The molecule has 0 aliphatic carbocycles. The van der Waals surface area contributed by atoms with Crippen molar-refractivity contribution in [3.63, 3.8) is 0 Å². The van der Waals surface area contributed by atoms with Gasteiger partial charge in [0.05, 0.1) is 5.35 Å². The van der Waals surface area contributed by atoms with Gasteiger partial charge in [-0.3, -0.25) is 0 Å². The Bertz CT molecular complexity index is 740. The molecule has 86 valence electrons. The maximum absolute atomic E-state index is 4.57. The zero-order chi connectivity index (χ0) is 12.2. The van der Waals surface area contributed by atoms with Gasteiger partial charge in [-0.05, 0) is 50.8 Å². The number of aromatic nitrogens is 2. The second-order valence-corrected chi connectivity index (χ2v) is 7.87. The standard InChI is InChI=1S/C12H10N2S3/c1-5-7(3)13-12-9-10(5)15-17-16-11(9)6(2)8(4)14-12/h1,3H2,2,4H3. The summed E-state index contributed by atoms with van der Waals surface area (Å²) < 4.78 is 0. The third-order valence-electron chi connectivity index (χ3n) is 2.93. The van der Waals surface area contributed by atoms with Crippen molar-refractivity contribution in [1.82, 2.24) is 9.97 Å². The monoisotopic (exact) mass is 278 g/mol. The molecule has 1 aliphatic rings. The quantitative estimate of drug-likeness (QED) is 0.690. The van der Waals surface area contributed by atoms with Crippen molar-refractivity contribution < 1.29 is 0 Å². The summed E-state index contributed by atoms with van der Waals surface area (Å²) in [6.45, 7) is 12.2. The van der Waals surface area contributed by atoms with Gasteiger partial charge < -0.3 is 0 Å². The summed E-state index contributed by atoms with van der Waals surface area (Å²) in [6.07, 6.45) is 0. The highest BCUT2D eigenvalue weighted by atomic mass is 33.5. The molecule has 0 radical (unpaired) electrons. The minimum atomic E-state index is 0.731. The molecular formula is C12H10N2S3. The predicted molar refractivity (Wildman–Crippen MR) is 78.6 cm³/mol. The van der Waals surface area contributed by atoms with E-state index in [1.54, 1.807) is 31.4 Å². The second kappa shape index (κ2) is 3.93. The normalized spacial score (nSPS) is 14.2. The summed E-state index contributed by atoms with van der Waals surface area (Å²) in [7, 11) is 5.29. The van der Waals surface area contributed by atoms with E-state index in [9.17, 15) is 0 Å². The van der Waals surface area contributed by atoms with Gasteiger partial charge in [-0.2, -0.15) is 0 Å². The molecular weight excluding hydrogens is 268 g/mol. The van der Waals surface area contributed by atoms with Crippen molar-refractivity contribution in [3.05, 3.63) is 21.8 Å². The van der Waals surface area contributed by atoms with Crippen LogP contribution in [0.1, 0.15) is 11.3 Å². The molecule has 0 saturated carbocycles. The van der Waals surface area contributed by atoms with Crippen LogP contribution in [-0.4, -0.2) is 9.97 Å². The number of hydrogen-bond acceptors (Lipinski definition) is 5. The van der Waals surface area contributed by atoms with Gasteiger partial charge in [0, 0.05) is 26.1 Å². The number of aryl methyl sites for hydroxylation is 1. The number of pyridine rings is 2. The van der Waals surface area contributed by atoms with Crippen LogP contribution in [0.3, 0.4) is 0 Å². The molecule has 0 unspecified atom stereocenters. The van der Waals surface area contributed by atoms with E-state index in [4.69, 9.17) is 0 Å². The van der Waals surface area contributed by atoms with Crippen molar-refractivity contribution in [3.8, 4) is 0 Å². The summed E-state index contributed by atoms with van der Waals surface area (Å²) >= 11 is 0. The fourth-order valence-electron chi connectivity index (χ4n) is 1.80. The molecule has 1 aliphatic heterocycles.